The topological polar surface area (TPSA) is 67.3 Å². The Morgan fingerprint density at radius 1 is 1.29 bits per heavy atom. The van der Waals surface area contributed by atoms with Crippen molar-refractivity contribution in [2.45, 2.75) is 13.5 Å². The van der Waals surface area contributed by atoms with Crippen LogP contribution in [0.5, 0.6) is 11.5 Å². The fourth-order valence-corrected chi connectivity index (χ4v) is 3.00. The molecule has 0 saturated carbocycles. The van der Waals surface area contributed by atoms with Gasteiger partial charge in [-0.15, -0.1) is 11.3 Å². The van der Waals surface area contributed by atoms with Crippen molar-refractivity contribution in [3.05, 3.63) is 41.0 Å². The van der Waals surface area contributed by atoms with E-state index in [4.69, 9.17) is 4.74 Å². The van der Waals surface area contributed by atoms with Crippen molar-refractivity contribution < 1.29 is 9.84 Å². The first-order valence-corrected chi connectivity index (χ1v) is 7.30. The van der Waals surface area contributed by atoms with E-state index in [0.717, 1.165) is 21.6 Å². The van der Waals surface area contributed by atoms with Gasteiger partial charge in [0.15, 0.2) is 11.5 Å². The van der Waals surface area contributed by atoms with Gasteiger partial charge in [0, 0.05) is 11.4 Å². The molecule has 2 aromatic heterocycles. The molecule has 2 N–H and O–H groups in total. The monoisotopic (exact) mass is 301 g/mol. The average Bonchev–Trinajstić information content (AvgIpc) is 2.86. The van der Waals surface area contributed by atoms with Crippen molar-refractivity contribution in [1.82, 2.24) is 9.97 Å². The SMILES string of the molecule is COc1ccc(CNc2ncnc3sc(C)cc23)cc1O. The number of phenols is 1. The second kappa shape index (κ2) is 5.57. The Hall–Kier alpha value is -2.34. The summed E-state index contributed by atoms with van der Waals surface area (Å²) in [6.07, 6.45) is 1.56. The third-order valence-corrected chi connectivity index (χ3v) is 4.11. The zero-order chi connectivity index (χ0) is 14.8. The number of rotatable bonds is 4. The van der Waals surface area contributed by atoms with Crippen molar-refractivity contribution in [2.24, 2.45) is 0 Å². The van der Waals surface area contributed by atoms with E-state index in [9.17, 15) is 5.11 Å². The highest BCUT2D eigenvalue weighted by atomic mass is 32.1. The number of hydrogen-bond donors (Lipinski definition) is 2. The number of aromatic nitrogens is 2. The third-order valence-electron chi connectivity index (χ3n) is 3.16. The summed E-state index contributed by atoms with van der Waals surface area (Å²) in [4.78, 5) is 10.7. The molecular formula is C15H15N3O2S. The van der Waals surface area contributed by atoms with Crippen LogP contribution in [0, 0.1) is 6.92 Å². The highest BCUT2D eigenvalue weighted by Gasteiger charge is 2.07. The molecule has 2 heterocycles. The Balaban J connectivity index is 1.81. The molecule has 1 aromatic carbocycles. The summed E-state index contributed by atoms with van der Waals surface area (Å²) < 4.78 is 5.03. The molecule has 0 aliphatic carbocycles. The van der Waals surface area contributed by atoms with Gasteiger partial charge in [-0.2, -0.15) is 0 Å². The van der Waals surface area contributed by atoms with Crippen LogP contribution in [0.15, 0.2) is 30.6 Å². The van der Waals surface area contributed by atoms with Crippen molar-refractivity contribution in [1.29, 1.82) is 0 Å². The van der Waals surface area contributed by atoms with Crippen LogP contribution < -0.4 is 10.1 Å². The molecule has 0 aliphatic heterocycles. The second-order valence-corrected chi connectivity index (χ2v) is 5.89. The molecule has 0 amide bonds. The van der Waals surface area contributed by atoms with Crippen LogP contribution in [0.2, 0.25) is 0 Å². The number of aromatic hydroxyl groups is 1. The number of anilines is 1. The molecule has 0 unspecified atom stereocenters. The molecule has 0 fully saturated rings. The zero-order valence-corrected chi connectivity index (χ0v) is 12.6. The summed E-state index contributed by atoms with van der Waals surface area (Å²) >= 11 is 1.65. The van der Waals surface area contributed by atoms with E-state index in [-0.39, 0.29) is 5.75 Å². The highest BCUT2D eigenvalue weighted by Crippen LogP contribution is 2.29. The number of aryl methyl sites for hydroxylation is 1. The Morgan fingerprint density at radius 2 is 2.14 bits per heavy atom. The number of ether oxygens (including phenoxy) is 1. The molecule has 0 spiro atoms. The molecule has 0 saturated heterocycles. The lowest BCUT2D eigenvalue weighted by Gasteiger charge is -2.08. The molecular weight excluding hydrogens is 286 g/mol. The van der Waals surface area contributed by atoms with Crippen molar-refractivity contribution in [3.8, 4) is 11.5 Å². The third kappa shape index (κ3) is 2.75. The van der Waals surface area contributed by atoms with Gasteiger partial charge in [-0.25, -0.2) is 9.97 Å². The maximum atomic E-state index is 9.79. The van der Waals surface area contributed by atoms with E-state index in [0.29, 0.717) is 12.3 Å². The van der Waals surface area contributed by atoms with Crippen LogP contribution in [0.3, 0.4) is 0 Å². The second-order valence-electron chi connectivity index (χ2n) is 4.66. The van der Waals surface area contributed by atoms with Gasteiger partial charge >= 0.3 is 0 Å². The summed E-state index contributed by atoms with van der Waals surface area (Å²) in [5, 5.41) is 14.1. The van der Waals surface area contributed by atoms with Crippen molar-refractivity contribution in [2.75, 3.05) is 12.4 Å². The Kier molecular flexibility index (Phi) is 3.62. The lowest BCUT2D eigenvalue weighted by Crippen LogP contribution is -2.02. The molecule has 0 aliphatic rings. The zero-order valence-electron chi connectivity index (χ0n) is 11.8. The quantitative estimate of drug-likeness (QED) is 0.773. The maximum Gasteiger partial charge on any atom is 0.160 e. The fraction of sp³-hybridized carbons (Fsp3) is 0.200. The Morgan fingerprint density at radius 3 is 2.90 bits per heavy atom. The van der Waals surface area contributed by atoms with Crippen LogP contribution in [0.1, 0.15) is 10.4 Å². The van der Waals surface area contributed by atoms with Gasteiger partial charge in [-0.3, -0.25) is 0 Å². The summed E-state index contributed by atoms with van der Waals surface area (Å²) in [6.45, 7) is 2.62. The molecule has 6 heteroatoms. The van der Waals surface area contributed by atoms with Crippen LogP contribution >= 0.6 is 11.3 Å². The normalized spacial score (nSPS) is 10.8. The number of hydrogen-bond acceptors (Lipinski definition) is 6. The molecule has 3 rings (SSSR count). The fourth-order valence-electron chi connectivity index (χ4n) is 2.15. The molecule has 0 bridgehead atoms. The van der Waals surface area contributed by atoms with E-state index in [2.05, 4.69) is 28.3 Å². The standard InChI is InChI=1S/C15H15N3O2S/c1-9-5-11-14(17-8-18-15(11)21-9)16-7-10-3-4-13(20-2)12(19)6-10/h3-6,8,19H,7H2,1-2H3,(H,16,17,18). The number of nitrogens with one attached hydrogen (secondary N) is 1. The molecule has 108 valence electrons. The van der Waals surface area contributed by atoms with Crippen molar-refractivity contribution in [3.63, 3.8) is 0 Å². The Labute approximate surface area is 126 Å². The van der Waals surface area contributed by atoms with Gasteiger partial charge in [0.05, 0.1) is 12.5 Å². The summed E-state index contributed by atoms with van der Waals surface area (Å²) in [7, 11) is 1.53. The first-order chi connectivity index (χ1) is 10.2. The van der Waals surface area contributed by atoms with E-state index >= 15 is 0 Å². The summed E-state index contributed by atoms with van der Waals surface area (Å²) in [5.41, 5.74) is 0.951. The van der Waals surface area contributed by atoms with Crippen molar-refractivity contribution >= 4 is 27.4 Å². The number of nitrogens with zero attached hydrogens (tertiary/aromatic N) is 2. The van der Waals surface area contributed by atoms with Gasteiger partial charge in [0.2, 0.25) is 0 Å². The van der Waals surface area contributed by atoms with Gasteiger partial charge in [0.1, 0.15) is 17.0 Å². The molecule has 0 radical (unpaired) electrons. The van der Waals surface area contributed by atoms with Crippen LogP contribution in [-0.4, -0.2) is 22.2 Å². The van der Waals surface area contributed by atoms with E-state index in [1.54, 1.807) is 29.8 Å². The largest absolute Gasteiger partial charge is 0.504 e. The van der Waals surface area contributed by atoms with E-state index in [1.165, 1.54) is 12.0 Å². The van der Waals surface area contributed by atoms with E-state index < -0.39 is 0 Å². The predicted molar refractivity (Wildman–Crippen MR) is 84.1 cm³/mol. The minimum Gasteiger partial charge on any atom is -0.504 e. The Bertz CT molecular complexity index is 786. The number of benzene rings is 1. The molecule has 21 heavy (non-hydrogen) atoms. The highest BCUT2D eigenvalue weighted by molar-refractivity contribution is 7.18. The van der Waals surface area contributed by atoms with Crippen LogP contribution in [0.4, 0.5) is 5.82 Å². The first kappa shape index (κ1) is 13.6. The maximum absolute atomic E-state index is 9.79. The van der Waals surface area contributed by atoms with Gasteiger partial charge < -0.3 is 15.2 Å². The predicted octanol–water partition coefficient (Wildman–Crippen LogP) is 3.33. The average molecular weight is 301 g/mol. The molecule has 0 atom stereocenters. The van der Waals surface area contributed by atoms with Crippen LogP contribution in [0.25, 0.3) is 10.2 Å². The minimum absolute atomic E-state index is 0.135. The number of phenolic OH excluding ortho intramolecular Hbond substituents is 1. The first-order valence-electron chi connectivity index (χ1n) is 6.48. The van der Waals surface area contributed by atoms with Gasteiger partial charge in [-0.1, -0.05) is 6.07 Å². The van der Waals surface area contributed by atoms with Gasteiger partial charge in [-0.05, 0) is 30.7 Å². The van der Waals surface area contributed by atoms with Gasteiger partial charge in [0.25, 0.3) is 0 Å². The van der Waals surface area contributed by atoms with Crippen LogP contribution in [-0.2, 0) is 6.54 Å². The van der Waals surface area contributed by atoms with E-state index in [1.807, 2.05) is 6.07 Å². The summed E-state index contributed by atoms with van der Waals surface area (Å²) in [6, 6.07) is 7.41. The number of fused-ring (bicyclic) bond motifs is 1. The number of thiophene rings is 1. The number of methoxy groups -OCH3 is 1. The molecule has 3 aromatic rings. The lowest BCUT2D eigenvalue weighted by atomic mass is 10.2. The minimum atomic E-state index is 0.135. The lowest BCUT2D eigenvalue weighted by molar-refractivity contribution is 0.373. The summed E-state index contributed by atoms with van der Waals surface area (Å²) in [5.74, 6) is 1.41. The molecule has 5 nitrogen and oxygen atoms in total. The smallest absolute Gasteiger partial charge is 0.160 e.